The van der Waals surface area contributed by atoms with Gasteiger partial charge in [0.2, 0.25) is 5.91 Å². The number of carbonyl (C=O) groups is 2. The molecular weight excluding hydrogens is 230 g/mol. The fourth-order valence-corrected chi connectivity index (χ4v) is 2.40. The molecule has 0 spiro atoms. The van der Waals surface area contributed by atoms with Crippen molar-refractivity contribution in [3.8, 4) is 0 Å². The van der Waals surface area contributed by atoms with Crippen molar-refractivity contribution in [3.05, 3.63) is 0 Å². The van der Waals surface area contributed by atoms with E-state index in [1.807, 2.05) is 20.8 Å². The lowest BCUT2D eigenvalue weighted by molar-refractivity contribution is -0.142. The summed E-state index contributed by atoms with van der Waals surface area (Å²) in [5, 5.41) is 12.0. The highest BCUT2D eigenvalue weighted by Crippen LogP contribution is 2.30. The van der Waals surface area contributed by atoms with Crippen molar-refractivity contribution in [1.82, 2.24) is 5.32 Å². The highest BCUT2D eigenvalue weighted by atomic mass is 16.4. The van der Waals surface area contributed by atoms with Gasteiger partial charge in [-0.05, 0) is 12.3 Å². The van der Waals surface area contributed by atoms with E-state index < -0.39 is 17.3 Å². The molecule has 0 aromatic carbocycles. The smallest absolute Gasteiger partial charge is 0.308 e. The van der Waals surface area contributed by atoms with Crippen LogP contribution < -0.4 is 5.32 Å². The van der Waals surface area contributed by atoms with Crippen molar-refractivity contribution >= 4 is 11.9 Å². The SMILES string of the molecule is CC(C)(C)C(=O)NCC(CC1CCCC1)C(=O)O. The second-order valence-electron chi connectivity index (χ2n) is 6.38. The molecular formula is C14H25NO3. The van der Waals surface area contributed by atoms with Crippen LogP contribution in [0.25, 0.3) is 0 Å². The van der Waals surface area contributed by atoms with Crippen molar-refractivity contribution in [3.63, 3.8) is 0 Å². The van der Waals surface area contributed by atoms with Crippen molar-refractivity contribution in [2.45, 2.75) is 52.9 Å². The van der Waals surface area contributed by atoms with Crippen molar-refractivity contribution in [1.29, 1.82) is 0 Å². The summed E-state index contributed by atoms with van der Waals surface area (Å²) in [5.41, 5.74) is -0.462. The zero-order valence-electron chi connectivity index (χ0n) is 11.7. The van der Waals surface area contributed by atoms with Crippen LogP contribution in [0.3, 0.4) is 0 Å². The van der Waals surface area contributed by atoms with E-state index in [4.69, 9.17) is 0 Å². The maximum Gasteiger partial charge on any atom is 0.308 e. The van der Waals surface area contributed by atoms with Crippen LogP contribution in [-0.4, -0.2) is 23.5 Å². The Kier molecular flexibility index (Phi) is 5.17. The molecule has 104 valence electrons. The number of carbonyl (C=O) groups excluding carboxylic acids is 1. The van der Waals surface area contributed by atoms with Gasteiger partial charge in [0, 0.05) is 12.0 Å². The predicted molar refractivity (Wildman–Crippen MR) is 70.2 cm³/mol. The quantitative estimate of drug-likeness (QED) is 0.793. The molecule has 0 aliphatic heterocycles. The fraction of sp³-hybridized carbons (Fsp3) is 0.857. The Labute approximate surface area is 109 Å². The van der Waals surface area contributed by atoms with Crippen LogP contribution in [0.4, 0.5) is 0 Å². The van der Waals surface area contributed by atoms with Crippen LogP contribution in [-0.2, 0) is 9.59 Å². The van der Waals surface area contributed by atoms with Gasteiger partial charge in [-0.25, -0.2) is 0 Å². The zero-order chi connectivity index (χ0) is 13.8. The van der Waals surface area contributed by atoms with Crippen molar-refractivity contribution in [2.75, 3.05) is 6.54 Å². The Morgan fingerprint density at radius 3 is 2.28 bits per heavy atom. The third-order valence-corrected chi connectivity index (χ3v) is 3.63. The lowest BCUT2D eigenvalue weighted by Gasteiger charge is -2.21. The third-order valence-electron chi connectivity index (χ3n) is 3.63. The first-order chi connectivity index (χ1) is 8.30. The van der Waals surface area contributed by atoms with Crippen LogP contribution in [0.5, 0.6) is 0 Å². The molecule has 1 rings (SSSR count). The standard InChI is InChI=1S/C14H25NO3/c1-14(2,3)13(18)15-9-11(12(16)17)8-10-6-4-5-7-10/h10-11H,4-9H2,1-3H3,(H,15,18)(H,16,17). The number of amides is 1. The van der Waals surface area contributed by atoms with Gasteiger partial charge < -0.3 is 10.4 Å². The third kappa shape index (κ3) is 4.67. The van der Waals surface area contributed by atoms with Gasteiger partial charge in [-0.1, -0.05) is 46.5 Å². The molecule has 1 fully saturated rings. The molecule has 0 heterocycles. The summed E-state index contributed by atoms with van der Waals surface area (Å²) in [4.78, 5) is 22.9. The highest BCUT2D eigenvalue weighted by molar-refractivity contribution is 5.82. The van der Waals surface area contributed by atoms with Crippen LogP contribution in [0.2, 0.25) is 0 Å². The second kappa shape index (κ2) is 6.21. The normalized spacial score (nSPS) is 18.6. The molecule has 1 aliphatic rings. The minimum Gasteiger partial charge on any atom is -0.481 e. The van der Waals surface area contributed by atoms with Gasteiger partial charge in [-0.3, -0.25) is 9.59 Å². The van der Waals surface area contributed by atoms with E-state index in [9.17, 15) is 14.7 Å². The molecule has 2 N–H and O–H groups in total. The summed E-state index contributed by atoms with van der Waals surface area (Å²) in [6.45, 7) is 5.74. The maximum absolute atomic E-state index is 11.7. The lowest BCUT2D eigenvalue weighted by Crippen LogP contribution is -2.39. The molecule has 18 heavy (non-hydrogen) atoms. The number of hydrogen-bond donors (Lipinski definition) is 2. The number of aliphatic carboxylic acids is 1. The molecule has 1 aliphatic carbocycles. The van der Waals surface area contributed by atoms with E-state index in [-0.39, 0.29) is 12.5 Å². The van der Waals surface area contributed by atoms with Crippen LogP contribution in [0.1, 0.15) is 52.9 Å². The van der Waals surface area contributed by atoms with Gasteiger partial charge in [0.05, 0.1) is 5.92 Å². The Bertz CT molecular complexity index is 301. The maximum atomic E-state index is 11.7. The van der Waals surface area contributed by atoms with Crippen molar-refractivity contribution < 1.29 is 14.7 Å². The second-order valence-corrected chi connectivity index (χ2v) is 6.38. The molecule has 0 saturated heterocycles. The summed E-state index contributed by atoms with van der Waals surface area (Å²) < 4.78 is 0. The van der Waals surface area contributed by atoms with E-state index in [0.29, 0.717) is 12.3 Å². The molecule has 0 radical (unpaired) electrons. The minimum atomic E-state index is -0.795. The van der Waals surface area contributed by atoms with Gasteiger partial charge in [0.15, 0.2) is 0 Å². The Morgan fingerprint density at radius 1 is 1.28 bits per heavy atom. The molecule has 1 saturated carbocycles. The van der Waals surface area contributed by atoms with Gasteiger partial charge in [0.1, 0.15) is 0 Å². The van der Waals surface area contributed by atoms with E-state index >= 15 is 0 Å². The molecule has 0 bridgehead atoms. The summed E-state index contributed by atoms with van der Waals surface area (Å²) in [5.74, 6) is -0.798. The average molecular weight is 255 g/mol. The van der Waals surface area contributed by atoms with Gasteiger partial charge in [-0.15, -0.1) is 0 Å². The molecule has 1 unspecified atom stereocenters. The van der Waals surface area contributed by atoms with E-state index in [1.165, 1.54) is 12.8 Å². The molecule has 4 heteroatoms. The van der Waals surface area contributed by atoms with Crippen LogP contribution in [0.15, 0.2) is 0 Å². The van der Waals surface area contributed by atoms with Crippen LogP contribution in [0, 0.1) is 17.3 Å². The molecule has 0 aromatic heterocycles. The zero-order valence-corrected chi connectivity index (χ0v) is 11.7. The van der Waals surface area contributed by atoms with Crippen molar-refractivity contribution in [2.24, 2.45) is 17.3 Å². The van der Waals surface area contributed by atoms with Crippen LogP contribution >= 0.6 is 0 Å². The molecule has 1 atom stereocenters. The monoisotopic (exact) mass is 255 g/mol. The summed E-state index contributed by atoms with van der Waals surface area (Å²) in [6, 6.07) is 0. The summed E-state index contributed by atoms with van der Waals surface area (Å²) in [6.07, 6.45) is 5.39. The van der Waals surface area contributed by atoms with Gasteiger partial charge in [0.25, 0.3) is 0 Å². The van der Waals surface area contributed by atoms with E-state index in [1.54, 1.807) is 0 Å². The first-order valence-electron chi connectivity index (χ1n) is 6.82. The molecule has 1 amide bonds. The minimum absolute atomic E-state index is 0.0832. The lowest BCUT2D eigenvalue weighted by atomic mass is 9.92. The van der Waals surface area contributed by atoms with Gasteiger partial charge >= 0.3 is 5.97 Å². The summed E-state index contributed by atoms with van der Waals surface area (Å²) in [7, 11) is 0. The predicted octanol–water partition coefficient (Wildman–Crippen LogP) is 2.43. The van der Waals surface area contributed by atoms with Gasteiger partial charge in [-0.2, -0.15) is 0 Å². The molecule has 0 aromatic rings. The first kappa shape index (κ1) is 15.0. The largest absolute Gasteiger partial charge is 0.481 e. The summed E-state index contributed by atoms with van der Waals surface area (Å²) >= 11 is 0. The number of nitrogens with one attached hydrogen (secondary N) is 1. The fourth-order valence-electron chi connectivity index (χ4n) is 2.40. The number of rotatable bonds is 5. The highest BCUT2D eigenvalue weighted by Gasteiger charge is 2.27. The average Bonchev–Trinajstić information content (AvgIpc) is 2.74. The van der Waals surface area contributed by atoms with E-state index in [2.05, 4.69) is 5.32 Å². The number of carboxylic acids is 1. The number of carboxylic acid groups (broad SMARTS) is 1. The topological polar surface area (TPSA) is 66.4 Å². The Hall–Kier alpha value is -1.06. The molecule has 4 nitrogen and oxygen atoms in total. The number of hydrogen-bond acceptors (Lipinski definition) is 2. The Morgan fingerprint density at radius 2 is 1.83 bits per heavy atom. The first-order valence-corrected chi connectivity index (χ1v) is 6.82. The Balaban J connectivity index is 2.43. The van der Waals surface area contributed by atoms with E-state index in [0.717, 1.165) is 12.8 Å².